The van der Waals surface area contributed by atoms with Crippen LogP contribution in [0.5, 0.6) is 0 Å². The lowest BCUT2D eigenvalue weighted by molar-refractivity contribution is -0.137. The van der Waals surface area contributed by atoms with Gasteiger partial charge in [0.05, 0.1) is 0 Å². The number of anilines is 1. The van der Waals surface area contributed by atoms with E-state index in [1.807, 2.05) is 49.4 Å². The molecule has 2 aromatic rings. The number of hydrogen-bond donors (Lipinski definition) is 2. The molecule has 0 saturated heterocycles. The zero-order valence-electron chi connectivity index (χ0n) is 13.4. The zero-order valence-corrected chi connectivity index (χ0v) is 14.2. The van der Waals surface area contributed by atoms with Gasteiger partial charge in [0.25, 0.3) is 0 Å². The van der Waals surface area contributed by atoms with Crippen LogP contribution in [0.3, 0.4) is 0 Å². The van der Waals surface area contributed by atoms with Crippen LogP contribution in [0.25, 0.3) is 0 Å². The van der Waals surface area contributed by atoms with Crippen LogP contribution in [0.4, 0.5) is 5.69 Å². The van der Waals surface area contributed by atoms with Gasteiger partial charge in [0.1, 0.15) is 6.04 Å². The van der Waals surface area contributed by atoms with Gasteiger partial charge >= 0.3 is 5.97 Å². The largest absolute Gasteiger partial charge is 0.480 e. The molecule has 0 aliphatic carbocycles. The van der Waals surface area contributed by atoms with E-state index in [1.54, 1.807) is 11.8 Å². The van der Waals surface area contributed by atoms with Gasteiger partial charge in [-0.25, -0.2) is 4.79 Å². The molecule has 0 heterocycles. The first-order chi connectivity index (χ1) is 11.2. The Labute approximate surface area is 142 Å². The normalized spacial score (nSPS) is 11.9. The van der Waals surface area contributed by atoms with Crippen molar-refractivity contribution in [3.05, 3.63) is 65.7 Å². The first-order valence-electron chi connectivity index (χ1n) is 7.83. The molecule has 2 aromatic carbocycles. The lowest BCUT2D eigenvalue weighted by Gasteiger charge is -2.17. The van der Waals surface area contributed by atoms with Crippen molar-refractivity contribution in [2.75, 3.05) is 16.8 Å². The first kappa shape index (κ1) is 17.4. The summed E-state index contributed by atoms with van der Waals surface area (Å²) in [4.78, 5) is 11.4. The number of rotatable bonds is 9. The highest BCUT2D eigenvalue weighted by Gasteiger charge is 2.17. The molecule has 2 rings (SSSR count). The minimum absolute atomic E-state index is 0.541. The lowest BCUT2D eigenvalue weighted by atomic mass is 10.1. The smallest absolute Gasteiger partial charge is 0.326 e. The van der Waals surface area contributed by atoms with Crippen molar-refractivity contribution in [1.29, 1.82) is 0 Å². The number of nitrogens with one attached hydrogen (secondary N) is 1. The third-order valence-electron chi connectivity index (χ3n) is 3.70. The quantitative estimate of drug-likeness (QED) is 0.676. The molecule has 0 unspecified atom stereocenters. The molecule has 4 heteroatoms. The molecule has 0 aromatic heterocycles. The van der Waals surface area contributed by atoms with Crippen LogP contribution in [-0.4, -0.2) is 28.6 Å². The number of carboxylic acid groups (broad SMARTS) is 1. The van der Waals surface area contributed by atoms with E-state index in [-0.39, 0.29) is 0 Å². The third kappa shape index (κ3) is 5.99. The van der Waals surface area contributed by atoms with Crippen molar-refractivity contribution < 1.29 is 9.90 Å². The van der Waals surface area contributed by atoms with E-state index >= 15 is 0 Å². The molecule has 0 spiro atoms. The monoisotopic (exact) mass is 329 g/mol. The minimum Gasteiger partial charge on any atom is -0.480 e. The Morgan fingerprint density at radius 3 is 2.48 bits per heavy atom. The van der Waals surface area contributed by atoms with Gasteiger partial charge < -0.3 is 10.4 Å². The summed E-state index contributed by atoms with van der Waals surface area (Å²) in [5.41, 5.74) is 3.29. The summed E-state index contributed by atoms with van der Waals surface area (Å²) in [6.45, 7) is 1.98. The van der Waals surface area contributed by atoms with Crippen molar-refractivity contribution >= 4 is 23.4 Å². The van der Waals surface area contributed by atoms with E-state index in [0.717, 1.165) is 29.2 Å². The Morgan fingerprint density at radius 1 is 1.09 bits per heavy atom. The first-order valence-corrected chi connectivity index (χ1v) is 8.99. The van der Waals surface area contributed by atoms with Crippen molar-refractivity contribution in [3.8, 4) is 0 Å². The maximum atomic E-state index is 11.4. The zero-order chi connectivity index (χ0) is 16.5. The fourth-order valence-electron chi connectivity index (χ4n) is 2.32. The number of hydrogen-bond acceptors (Lipinski definition) is 3. The van der Waals surface area contributed by atoms with Crippen LogP contribution in [0.2, 0.25) is 0 Å². The number of benzene rings is 2. The Kier molecular flexibility index (Phi) is 7.01. The number of thioether (sulfide) groups is 1. The van der Waals surface area contributed by atoms with Gasteiger partial charge in [-0.1, -0.05) is 48.5 Å². The topological polar surface area (TPSA) is 49.3 Å². The molecule has 3 nitrogen and oxygen atoms in total. The molecular formula is C19H23NO2S. The van der Waals surface area contributed by atoms with Gasteiger partial charge in [0.2, 0.25) is 0 Å². The van der Waals surface area contributed by atoms with Crippen LogP contribution >= 0.6 is 11.8 Å². The molecule has 122 valence electrons. The SMILES string of the molecule is Cc1ccccc1N[C@@H](CCSCCc1ccccc1)C(=O)O. The number of carboxylic acids is 1. The Balaban J connectivity index is 1.75. The predicted octanol–water partition coefficient (Wildman–Crippen LogP) is 4.23. The van der Waals surface area contributed by atoms with E-state index < -0.39 is 12.0 Å². The molecule has 0 aliphatic heterocycles. The fraction of sp³-hybridized carbons (Fsp3) is 0.316. The average Bonchev–Trinajstić information content (AvgIpc) is 2.56. The highest BCUT2D eigenvalue weighted by atomic mass is 32.2. The van der Waals surface area contributed by atoms with Crippen LogP contribution in [0.15, 0.2) is 54.6 Å². The van der Waals surface area contributed by atoms with Gasteiger partial charge in [0, 0.05) is 5.69 Å². The van der Waals surface area contributed by atoms with Crippen molar-refractivity contribution in [2.45, 2.75) is 25.8 Å². The second-order valence-electron chi connectivity index (χ2n) is 5.49. The fourth-order valence-corrected chi connectivity index (χ4v) is 3.30. The summed E-state index contributed by atoms with van der Waals surface area (Å²) in [5.74, 6) is 1.06. The van der Waals surface area contributed by atoms with Gasteiger partial charge in [0.15, 0.2) is 0 Å². The Morgan fingerprint density at radius 2 is 1.78 bits per heavy atom. The van der Waals surface area contributed by atoms with Crippen LogP contribution in [0, 0.1) is 6.92 Å². The summed E-state index contributed by atoms with van der Waals surface area (Å²) in [6, 6.07) is 17.6. The summed E-state index contributed by atoms with van der Waals surface area (Å²) in [6.07, 6.45) is 1.64. The van der Waals surface area contributed by atoms with Crippen molar-refractivity contribution in [2.24, 2.45) is 0 Å². The lowest BCUT2D eigenvalue weighted by Crippen LogP contribution is -2.30. The van der Waals surface area contributed by atoms with E-state index in [4.69, 9.17) is 0 Å². The molecule has 2 N–H and O–H groups in total. The van der Waals surface area contributed by atoms with Gasteiger partial charge in [-0.05, 0) is 48.5 Å². The second-order valence-corrected chi connectivity index (χ2v) is 6.71. The van der Waals surface area contributed by atoms with Crippen molar-refractivity contribution in [3.63, 3.8) is 0 Å². The Hall–Kier alpha value is -1.94. The van der Waals surface area contributed by atoms with Crippen LogP contribution in [0.1, 0.15) is 17.5 Å². The summed E-state index contributed by atoms with van der Waals surface area (Å²) < 4.78 is 0. The minimum atomic E-state index is -0.795. The van der Waals surface area contributed by atoms with E-state index in [9.17, 15) is 9.90 Å². The predicted molar refractivity (Wildman–Crippen MR) is 98.3 cm³/mol. The average molecular weight is 329 g/mol. The number of carbonyl (C=O) groups is 1. The highest BCUT2D eigenvalue weighted by Crippen LogP contribution is 2.17. The van der Waals surface area contributed by atoms with E-state index in [1.165, 1.54) is 5.56 Å². The maximum absolute atomic E-state index is 11.4. The van der Waals surface area contributed by atoms with Gasteiger partial charge in [-0.3, -0.25) is 0 Å². The van der Waals surface area contributed by atoms with Gasteiger partial charge in [-0.2, -0.15) is 11.8 Å². The van der Waals surface area contributed by atoms with E-state index in [0.29, 0.717) is 6.42 Å². The molecule has 0 bridgehead atoms. The molecule has 0 radical (unpaired) electrons. The van der Waals surface area contributed by atoms with Crippen molar-refractivity contribution in [1.82, 2.24) is 0 Å². The summed E-state index contributed by atoms with van der Waals surface area (Å²) in [7, 11) is 0. The second kappa shape index (κ2) is 9.26. The molecule has 0 saturated carbocycles. The molecule has 0 fully saturated rings. The molecule has 0 aliphatic rings. The van der Waals surface area contributed by atoms with E-state index in [2.05, 4.69) is 17.4 Å². The van der Waals surface area contributed by atoms with Crippen LogP contribution < -0.4 is 5.32 Å². The Bertz CT molecular complexity index is 616. The third-order valence-corrected chi connectivity index (χ3v) is 4.72. The van der Waals surface area contributed by atoms with Gasteiger partial charge in [-0.15, -0.1) is 0 Å². The number of para-hydroxylation sites is 1. The molecule has 0 amide bonds. The molecular weight excluding hydrogens is 306 g/mol. The maximum Gasteiger partial charge on any atom is 0.326 e. The molecule has 1 atom stereocenters. The van der Waals surface area contributed by atoms with Crippen LogP contribution in [-0.2, 0) is 11.2 Å². The summed E-state index contributed by atoms with van der Waals surface area (Å²) >= 11 is 1.81. The standard InChI is InChI=1S/C19H23NO2S/c1-15-7-5-6-10-17(15)20-18(19(21)22)12-14-23-13-11-16-8-3-2-4-9-16/h2-10,18,20H,11-14H2,1H3,(H,21,22)/t18-/m0/s1. The highest BCUT2D eigenvalue weighted by molar-refractivity contribution is 7.99. The number of aryl methyl sites for hydroxylation is 2. The summed E-state index contributed by atoms with van der Waals surface area (Å²) in [5, 5.41) is 12.5. The number of aliphatic carboxylic acids is 1. The molecule has 23 heavy (non-hydrogen) atoms.